The van der Waals surface area contributed by atoms with E-state index in [1.807, 2.05) is 0 Å². The first-order valence-electron chi connectivity index (χ1n) is 12.2. The second kappa shape index (κ2) is 8.15. The molecule has 2 amide bonds. The summed E-state index contributed by atoms with van der Waals surface area (Å²) in [4.78, 5) is 44.9. The number of aliphatic hydroxyl groups is 1. The Bertz CT molecular complexity index is 1160. The van der Waals surface area contributed by atoms with Crippen molar-refractivity contribution in [1.29, 1.82) is 0 Å². The summed E-state index contributed by atoms with van der Waals surface area (Å²) < 4.78 is 1.45. The highest BCUT2D eigenvalue weighted by molar-refractivity contribution is 6.04. The fourth-order valence-corrected chi connectivity index (χ4v) is 6.15. The molecule has 9 heteroatoms. The molecule has 1 aliphatic heterocycles. The van der Waals surface area contributed by atoms with Gasteiger partial charge in [-0.15, -0.1) is 0 Å². The summed E-state index contributed by atoms with van der Waals surface area (Å²) in [7, 11) is 0. The Balaban J connectivity index is 1.37. The zero-order valence-corrected chi connectivity index (χ0v) is 20.1. The average molecular weight is 468 g/mol. The smallest absolute Gasteiger partial charge is 0.245 e. The summed E-state index contributed by atoms with van der Waals surface area (Å²) in [5, 5.41) is 18.2. The minimum absolute atomic E-state index is 0.0393. The van der Waals surface area contributed by atoms with Crippen molar-refractivity contribution in [1.82, 2.24) is 25.0 Å². The number of carbonyl (C=O) groups excluding carboxylic acids is 3. The largest absolute Gasteiger partial charge is 0.396 e. The molecule has 4 atom stereocenters. The summed E-state index contributed by atoms with van der Waals surface area (Å²) in [6, 6.07) is 2.85. The van der Waals surface area contributed by atoms with E-state index in [0.29, 0.717) is 23.9 Å². The molecule has 0 unspecified atom stereocenters. The number of piperidine rings is 1. The van der Waals surface area contributed by atoms with Crippen LogP contribution in [0.2, 0.25) is 0 Å². The van der Waals surface area contributed by atoms with Crippen LogP contribution in [-0.2, 0) is 16.1 Å². The molecule has 0 spiro atoms. The minimum Gasteiger partial charge on any atom is -0.396 e. The number of amides is 2. The van der Waals surface area contributed by atoms with Crippen LogP contribution in [0.25, 0.3) is 11.0 Å². The lowest BCUT2D eigenvalue weighted by atomic mass is 9.75. The molecule has 2 saturated carbocycles. The van der Waals surface area contributed by atoms with Crippen molar-refractivity contribution < 1.29 is 19.5 Å². The number of rotatable bonds is 6. The number of pyridine rings is 1. The molecule has 2 aromatic rings. The van der Waals surface area contributed by atoms with Crippen molar-refractivity contribution >= 4 is 28.6 Å². The van der Waals surface area contributed by atoms with Crippen LogP contribution < -0.4 is 5.32 Å². The fraction of sp³-hybridized carbons (Fsp3) is 0.640. The Morgan fingerprint density at radius 2 is 2.03 bits per heavy atom. The summed E-state index contributed by atoms with van der Waals surface area (Å²) in [5.74, 6) is -0.574. The van der Waals surface area contributed by atoms with Gasteiger partial charge in [0, 0.05) is 30.6 Å². The van der Waals surface area contributed by atoms with Crippen LogP contribution in [0.15, 0.2) is 18.3 Å². The number of ketones is 1. The third-order valence-electron chi connectivity index (χ3n) is 8.00. The highest BCUT2D eigenvalue weighted by Gasteiger charge is 2.67. The van der Waals surface area contributed by atoms with E-state index in [1.54, 1.807) is 23.2 Å². The third kappa shape index (κ3) is 3.89. The molecule has 182 valence electrons. The zero-order valence-electron chi connectivity index (χ0n) is 20.1. The molecule has 3 fully saturated rings. The lowest BCUT2D eigenvalue weighted by Gasteiger charge is -2.37. The second-order valence-electron chi connectivity index (χ2n) is 11.2. The molecule has 3 heterocycles. The van der Waals surface area contributed by atoms with Gasteiger partial charge in [-0.3, -0.25) is 14.4 Å². The van der Waals surface area contributed by atoms with Gasteiger partial charge in [0.2, 0.25) is 11.8 Å². The zero-order chi connectivity index (χ0) is 24.3. The molecular formula is C25H33N5O4. The van der Waals surface area contributed by atoms with E-state index in [1.165, 1.54) is 11.6 Å². The molecule has 2 aromatic heterocycles. The molecule has 9 nitrogen and oxygen atoms in total. The van der Waals surface area contributed by atoms with Gasteiger partial charge < -0.3 is 15.3 Å². The molecule has 0 bridgehead atoms. The Hall–Kier alpha value is -2.81. The first-order valence-corrected chi connectivity index (χ1v) is 12.2. The van der Waals surface area contributed by atoms with E-state index in [9.17, 15) is 19.5 Å². The highest BCUT2D eigenvalue weighted by Crippen LogP contribution is 2.59. The van der Waals surface area contributed by atoms with Crippen molar-refractivity contribution in [3.05, 3.63) is 24.0 Å². The number of hydrogen-bond donors (Lipinski definition) is 2. The topological polar surface area (TPSA) is 117 Å². The SMILES string of the molecule is CC(=O)c1nn(CC(=O)N2[C@H](C(=O)N[C@@H]3CCCC(C)(C)C3)C[C@@]3(CO)C[C@@H]23)c2ncccc12. The van der Waals surface area contributed by atoms with Gasteiger partial charge in [-0.2, -0.15) is 5.10 Å². The van der Waals surface area contributed by atoms with Crippen LogP contribution >= 0.6 is 0 Å². The van der Waals surface area contributed by atoms with E-state index in [0.717, 1.165) is 25.7 Å². The number of fused-ring (bicyclic) bond motifs is 2. The Kier molecular flexibility index (Phi) is 5.50. The molecule has 2 N–H and O–H groups in total. The summed E-state index contributed by atoms with van der Waals surface area (Å²) >= 11 is 0. The fourth-order valence-electron chi connectivity index (χ4n) is 6.15. The van der Waals surface area contributed by atoms with Gasteiger partial charge in [0.05, 0.1) is 12.0 Å². The van der Waals surface area contributed by atoms with E-state index in [2.05, 4.69) is 29.2 Å². The first kappa shape index (κ1) is 23.0. The summed E-state index contributed by atoms with van der Waals surface area (Å²) in [6.45, 7) is 5.74. The van der Waals surface area contributed by atoms with E-state index >= 15 is 0 Å². The van der Waals surface area contributed by atoms with Crippen molar-refractivity contribution in [3.8, 4) is 0 Å². The molecule has 0 radical (unpaired) electrons. The molecule has 1 saturated heterocycles. The molecule has 3 aliphatic rings. The van der Waals surface area contributed by atoms with Gasteiger partial charge >= 0.3 is 0 Å². The summed E-state index contributed by atoms with van der Waals surface area (Å²) in [5.41, 5.74) is 0.550. The van der Waals surface area contributed by atoms with Crippen LogP contribution in [0.3, 0.4) is 0 Å². The van der Waals surface area contributed by atoms with Gasteiger partial charge in [-0.1, -0.05) is 20.3 Å². The monoisotopic (exact) mass is 467 g/mol. The number of aromatic nitrogens is 3. The maximum absolute atomic E-state index is 13.5. The van der Waals surface area contributed by atoms with Gasteiger partial charge in [-0.25, -0.2) is 9.67 Å². The highest BCUT2D eigenvalue weighted by atomic mass is 16.3. The number of Topliss-reactive ketones (excluding diaryl/α,β-unsaturated/α-hetero) is 1. The first-order chi connectivity index (χ1) is 16.1. The third-order valence-corrected chi connectivity index (χ3v) is 8.00. The molecule has 0 aromatic carbocycles. The van der Waals surface area contributed by atoms with Crippen molar-refractivity contribution in [2.24, 2.45) is 10.8 Å². The van der Waals surface area contributed by atoms with Crippen molar-refractivity contribution in [2.75, 3.05) is 6.61 Å². The van der Waals surface area contributed by atoms with Gasteiger partial charge in [0.1, 0.15) is 18.3 Å². The van der Waals surface area contributed by atoms with Crippen LogP contribution in [-0.4, -0.2) is 67.1 Å². The predicted molar refractivity (Wildman–Crippen MR) is 125 cm³/mol. The number of nitrogens with zero attached hydrogens (tertiary/aromatic N) is 4. The predicted octanol–water partition coefficient (Wildman–Crippen LogP) is 2.07. The number of aliphatic hydroxyl groups excluding tert-OH is 1. The lowest BCUT2D eigenvalue weighted by molar-refractivity contribution is -0.140. The van der Waals surface area contributed by atoms with Crippen LogP contribution in [0.1, 0.15) is 69.8 Å². The average Bonchev–Trinajstić information content (AvgIpc) is 3.21. The summed E-state index contributed by atoms with van der Waals surface area (Å²) in [6.07, 6.45) is 6.87. The van der Waals surface area contributed by atoms with Crippen LogP contribution in [0, 0.1) is 10.8 Å². The maximum atomic E-state index is 13.5. The molecule has 34 heavy (non-hydrogen) atoms. The Labute approximate surface area is 198 Å². The quantitative estimate of drug-likeness (QED) is 0.628. The molecule has 5 rings (SSSR count). The Morgan fingerprint density at radius 1 is 1.24 bits per heavy atom. The maximum Gasteiger partial charge on any atom is 0.245 e. The molecular weight excluding hydrogens is 434 g/mol. The van der Waals surface area contributed by atoms with Crippen LogP contribution in [0.4, 0.5) is 0 Å². The Morgan fingerprint density at radius 3 is 2.74 bits per heavy atom. The van der Waals surface area contributed by atoms with E-state index < -0.39 is 11.5 Å². The normalized spacial score (nSPS) is 29.6. The standard InChI is InChI=1S/C25H33N5O4/c1-15(32)21-17-7-5-9-26-22(17)29(28-21)13-20(33)30-18(11-25(14-31)12-19(25)30)23(34)27-16-6-4-8-24(2,3)10-16/h5,7,9,16,18-19,31H,4,6,8,10-14H2,1-3H3,(H,27,34)/t16-,18+,19-,25+/m1/s1. The second-order valence-corrected chi connectivity index (χ2v) is 11.2. The molecule has 2 aliphatic carbocycles. The van der Waals surface area contributed by atoms with E-state index in [4.69, 9.17) is 0 Å². The van der Waals surface area contributed by atoms with Gasteiger partial charge in [0.15, 0.2) is 11.4 Å². The van der Waals surface area contributed by atoms with E-state index in [-0.39, 0.29) is 53.9 Å². The van der Waals surface area contributed by atoms with Gasteiger partial charge in [0.25, 0.3) is 0 Å². The number of hydrogen-bond acceptors (Lipinski definition) is 6. The minimum atomic E-state index is -0.606. The van der Waals surface area contributed by atoms with Crippen molar-refractivity contribution in [2.45, 2.75) is 84.0 Å². The lowest BCUT2D eigenvalue weighted by Crippen LogP contribution is -2.52. The van der Waals surface area contributed by atoms with Gasteiger partial charge in [-0.05, 0) is 49.7 Å². The number of nitrogens with one attached hydrogen (secondary N) is 1. The number of carbonyl (C=O) groups is 3. The van der Waals surface area contributed by atoms with Crippen LogP contribution in [0.5, 0.6) is 0 Å². The van der Waals surface area contributed by atoms with Crippen molar-refractivity contribution in [3.63, 3.8) is 0 Å². The number of likely N-dealkylation sites (tertiary alicyclic amines) is 1.